The molecule has 0 amide bonds. The Morgan fingerprint density at radius 3 is 1.57 bits per heavy atom. The van der Waals surface area contributed by atoms with E-state index < -0.39 is 66.7 Å². The number of nitrogens with zero attached hydrogens (tertiary/aromatic N) is 4. The van der Waals surface area contributed by atoms with Gasteiger partial charge in [-0.05, 0) is 18.6 Å². The fourth-order valence-corrected chi connectivity index (χ4v) is 3.62. The highest BCUT2D eigenvalue weighted by atomic mass is 35.5. The van der Waals surface area contributed by atoms with Crippen molar-refractivity contribution in [2.75, 3.05) is 18.1 Å². The van der Waals surface area contributed by atoms with Crippen LogP contribution in [0.15, 0.2) is 34.1 Å². The third-order valence-corrected chi connectivity index (χ3v) is 5.55. The molecule has 0 bridgehead atoms. The molecular weight excluding hydrogens is 536 g/mol. The van der Waals surface area contributed by atoms with E-state index in [0.29, 0.717) is 9.13 Å². The third kappa shape index (κ3) is 5.70. The van der Waals surface area contributed by atoms with E-state index in [4.69, 9.17) is 26.0 Å². The van der Waals surface area contributed by atoms with E-state index in [9.17, 15) is 37.4 Å². The van der Waals surface area contributed by atoms with Gasteiger partial charge in [-0.25, -0.2) is 9.59 Å². The molecule has 4 rings (SSSR count). The lowest BCUT2D eigenvalue weighted by molar-refractivity contribution is -0.141. The van der Waals surface area contributed by atoms with Crippen LogP contribution in [0.3, 0.4) is 0 Å². The van der Waals surface area contributed by atoms with E-state index in [1.807, 2.05) is 0 Å². The van der Waals surface area contributed by atoms with Crippen LogP contribution in [0.4, 0.5) is 29.2 Å². The highest BCUT2D eigenvalue weighted by Crippen LogP contribution is 2.43. The molecule has 2 fully saturated rings. The maximum Gasteiger partial charge on any atom is 0.351 e. The number of nitrogens with two attached hydrogens (primary N) is 2. The summed E-state index contributed by atoms with van der Waals surface area (Å²) in [5.41, 5.74) is 8.54. The Kier molecular flexibility index (Phi) is 9.26. The van der Waals surface area contributed by atoms with Crippen molar-refractivity contribution in [1.82, 2.24) is 19.1 Å². The van der Waals surface area contributed by atoms with Crippen LogP contribution in [0.1, 0.15) is 25.8 Å². The van der Waals surface area contributed by atoms with Crippen LogP contribution in [0.5, 0.6) is 0 Å². The largest absolute Gasteiger partial charge is 0.394 e. The molecule has 7 N–H and O–H groups in total. The lowest BCUT2D eigenvalue weighted by Gasteiger charge is -2.20. The number of aliphatic hydroxyl groups excluding tert-OH is 3. The first-order valence-electron chi connectivity index (χ1n) is 10.5. The van der Waals surface area contributed by atoms with Gasteiger partial charge in [0.05, 0.1) is 12.7 Å². The van der Waals surface area contributed by atoms with Crippen molar-refractivity contribution in [2.45, 2.75) is 62.1 Å². The predicted molar refractivity (Wildman–Crippen MR) is 120 cm³/mol. The summed E-state index contributed by atoms with van der Waals surface area (Å²) in [4.78, 5) is 29.6. The first-order valence-corrected chi connectivity index (χ1v) is 10.5. The van der Waals surface area contributed by atoms with Crippen molar-refractivity contribution >= 4 is 24.0 Å². The van der Waals surface area contributed by atoms with Crippen LogP contribution in [-0.2, 0) is 9.47 Å². The average molecular weight is 561 g/mol. The van der Waals surface area contributed by atoms with Gasteiger partial charge >= 0.3 is 23.2 Å². The molecule has 6 atom stereocenters. The highest BCUT2D eigenvalue weighted by molar-refractivity contribution is 5.85. The Labute approximate surface area is 211 Å². The number of rotatable bonds is 4. The number of hydrogen-bond acceptors (Lipinski definition) is 11. The number of ether oxygens (including phenoxy) is 2. The average Bonchev–Trinajstić information content (AvgIpc) is 3.17. The van der Waals surface area contributed by atoms with Gasteiger partial charge in [-0.15, -0.1) is 12.4 Å². The van der Waals surface area contributed by atoms with E-state index in [2.05, 4.69) is 9.97 Å². The van der Waals surface area contributed by atoms with E-state index in [1.165, 1.54) is 6.07 Å². The fourth-order valence-electron chi connectivity index (χ4n) is 3.62. The van der Waals surface area contributed by atoms with Gasteiger partial charge in [0, 0.05) is 12.4 Å². The number of anilines is 2. The van der Waals surface area contributed by atoms with Gasteiger partial charge < -0.3 is 36.3 Å². The Balaban J connectivity index is 0.000000253. The summed E-state index contributed by atoms with van der Waals surface area (Å²) in [5.74, 6) is -7.45. The zero-order valence-corrected chi connectivity index (χ0v) is 19.8. The molecule has 0 unspecified atom stereocenters. The van der Waals surface area contributed by atoms with E-state index in [-0.39, 0.29) is 30.5 Å². The summed E-state index contributed by atoms with van der Waals surface area (Å²) in [7, 11) is 0. The maximum absolute atomic E-state index is 13.8. The molecule has 0 spiro atoms. The van der Waals surface area contributed by atoms with Gasteiger partial charge in [-0.1, -0.05) is 6.92 Å². The molecule has 4 heterocycles. The van der Waals surface area contributed by atoms with Crippen molar-refractivity contribution in [1.29, 1.82) is 0 Å². The molecule has 2 aliphatic rings. The smallest absolute Gasteiger partial charge is 0.351 e. The summed E-state index contributed by atoms with van der Waals surface area (Å²) >= 11 is 0. The van der Waals surface area contributed by atoms with Crippen molar-refractivity contribution in [2.24, 2.45) is 0 Å². The number of alkyl halides is 4. The van der Waals surface area contributed by atoms with Crippen LogP contribution in [0, 0.1) is 0 Å². The molecule has 2 aromatic heterocycles. The van der Waals surface area contributed by atoms with Crippen LogP contribution >= 0.6 is 12.4 Å². The molecule has 0 radical (unpaired) electrons. The zero-order chi connectivity index (χ0) is 27.0. The topological polar surface area (TPSA) is 201 Å². The van der Waals surface area contributed by atoms with E-state index in [1.54, 1.807) is 6.92 Å². The minimum absolute atomic E-state index is 0. The Morgan fingerprint density at radius 2 is 1.27 bits per heavy atom. The van der Waals surface area contributed by atoms with Crippen molar-refractivity contribution in [3.63, 3.8) is 0 Å². The summed E-state index contributed by atoms with van der Waals surface area (Å²) in [6.07, 6.45) is -8.23. The lowest BCUT2D eigenvalue weighted by atomic mass is 10.1. The third-order valence-electron chi connectivity index (χ3n) is 5.55. The number of hydrogen-bond donors (Lipinski definition) is 5. The molecule has 2 aliphatic heterocycles. The number of nitrogen functional groups attached to an aromatic ring is 2. The molecule has 0 aliphatic carbocycles. The van der Waals surface area contributed by atoms with Crippen molar-refractivity contribution in [3.05, 3.63) is 45.5 Å². The zero-order valence-electron chi connectivity index (χ0n) is 19.0. The monoisotopic (exact) mass is 560 g/mol. The van der Waals surface area contributed by atoms with Crippen molar-refractivity contribution in [3.8, 4) is 0 Å². The maximum atomic E-state index is 13.8. The summed E-state index contributed by atoms with van der Waals surface area (Å²) < 4.78 is 66.0. The molecule has 2 saturated heterocycles. The molecule has 13 nitrogen and oxygen atoms in total. The second-order valence-corrected chi connectivity index (χ2v) is 7.97. The number of aromatic nitrogens is 4. The van der Waals surface area contributed by atoms with Gasteiger partial charge in [-0.3, -0.25) is 9.13 Å². The van der Waals surface area contributed by atoms with E-state index in [0.717, 1.165) is 18.5 Å². The van der Waals surface area contributed by atoms with Crippen molar-refractivity contribution < 1.29 is 42.4 Å². The van der Waals surface area contributed by atoms with Gasteiger partial charge in [0.25, 0.3) is 0 Å². The Morgan fingerprint density at radius 1 is 0.892 bits per heavy atom. The second kappa shape index (κ2) is 11.3. The summed E-state index contributed by atoms with van der Waals surface area (Å²) in [6.45, 7) is 0.820. The number of aliphatic hydroxyl groups is 3. The van der Waals surface area contributed by atoms with E-state index >= 15 is 0 Å². The lowest BCUT2D eigenvalue weighted by Crippen LogP contribution is -2.41. The fraction of sp³-hybridized carbons (Fsp3) is 0.579. The Hall–Kier alpha value is -2.83. The minimum Gasteiger partial charge on any atom is -0.394 e. The van der Waals surface area contributed by atoms with Gasteiger partial charge in [0.15, 0.2) is 6.10 Å². The first kappa shape index (κ1) is 30.4. The van der Waals surface area contributed by atoms with Gasteiger partial charge in [0.1, 0.15) is 23.8 Å². The molecule has 0 aromatic carbocycles. The van der Waals surface area contributed by atoms with Crippen LogP contribution in [0.25, 0.3) is 0 Å². The van der Waals surface area contributed by atoms with Crippen LogP contribution in [-0.4, -0.2) is 77.3 Å². The second-order valence-electron chi connectivity index (χ2n) is 7.97. The molecule has 18 heteroatoms. The molecule has 208 valence electrons. The van der Waals surface area contributed by atoms with Crippen LogP contribution < -0.4 is 22.8 Å². The predicted octanol–water partition coefficient (Wildman–Crippen LogP) is -0.738. The summed E-state index contributed by atoms with van der Waals surface area (Å²) in [5, 5.41) is 27.6. The highest BCUT2D eigenvalue weighted by Gasteiger charge is 2.60. The Bertz CT molecular complexity index is 1110. The normalized spacial score (nSPS) is 29.7. The molecule has 0 saturated carbocycles. The quantitative estimate of drug-likeness (QED) is 0.295. The number of halogens is 5. The first-order chi connectivity index (χ1) is 16.7. The summed E-state index contributed by atoms with van der Waals surface area (Å²) in [6, 6.07) is 2.37. The minimum atomic E-state index is -3.71. The van der Waals surface area contributed by atoms with Gasteiger partial charge in [0.2, 0.25) is 12.5 Å². The molecule has 37 heavy (non-hydrogen) atoms. The molecule has 2 aromatic rings. The standard InChI is InChI=1S/C10H13F2N3O3.C9H11F2N3O4.ClH/c1-2-5-7(16)10(11,12)8(18-5)15-4-3-6(13)14-9(15)17;10-9(11)6(16)4(3-15)18-7(9)14-2-1-5(12)13-8(14)17;/h3-5,7-8,16H,2H2,1H3,(H2,13,14,17);1-2,4,6-7,15-16H,3H2,(H2,12,13,17);1H/t5-,7-,8-;4-,6-,7-;/m11./s1. The van der Waals surface area contributed by atoms with Gasteiger partial charge in [-0.2, -0.15) is 27.5 Å². The molecular formula is C19H25ClF4N6O7. The van der Waals surface area contributed by atoms with Crippen LogP contribution in [0.2, 0.25) is 0 Å². The SMILES string of the molecule is CC[C@H]1O[C@@H](n2ccc(N)nc2=O)C(F)(F)[C@@H]1O.Cl.Nc1ccn([C@@H]2O[C@H](CO)[C@@H](O)C2(F)F)c(=O)n1.